The van der Waals surface area contributed by atoms with Crippen molar-refractivity contribution < 1.29 is 13.2 Å². The standard InChI is InChI=1S/C15H16N4O3S/c20-23(21,13-2-3-14-11(8-13)4-7-22-14)19-9-12(10-19)18-15-16-5-1-6-17-15/h1-3,5-6,8,12H,4,7,9-10H2,(H,16,17,18). The van der Waals surface area contributed by atoms with Gasteiger partial charge < -0.3 is 10.1 Å². The van der Waals surface area contributed by atoms with Crippen LogP contribution in [0.15, 0.2) is 41.6 Å². The monoisotopic (exact) mass is 332 g/mol. The van der Waals surface area contributed by atoms with E-state index in [0.29, 0.717) is 30.5 Å². The Morgan fingerprint density at radius 3 is 2.78 bits per heavy atom. The molecule has 1 saturated heterocycles. The molecule has 1 aromatic heterocycles. The quantitative estimate of drug-likeness (QED) is 0.895. The van der Waals surface area contributed by atoms with Gasteiger partial charge in [-0.05, 0) is 29.8 Å². The molecule has 23 heavy (non-hydrogen) atoms. The van der Waals surface area contributed by atoms with Gasteiger partial charge in [0.05, 0.1) is 17.5 Å². The molecule has 0 aliphatic carbocycles. The number of rotatable bonds is 4. The topological polar surface area (TPSA) is 84.4 Å². The van der Waals surface area contributed by atoms with Gasteiger partial charge in [0.15, 0.2) is 0 Å². The van der Waals surface area contributed by atoms with E-state index in [-0.39, 0.29) is 6.04 Å². The Morgan fingerprint density at radius 1 is 1.22 bits per heavy atom. The van der Waals surface area contributed by atoms with E-state index in [4.69, 9.17) is 4.74 Å². The second kappa shape index (κ2) is 5.47. The van der Waals surface area contributed by atoms with Gasteiger partial charge in [-0.1, -0.05) is 0 Å². The van der Waals surface area contributed by atoms with Crippen LogP contribution < -0.4 is 10.1 Å². The summed E-state index contributed by atoms with van der Waals surface area (Å²) in [6.07, 6.45) is 4.05. The van der Waals surface area contributed by atoms with Gasteiger partial charge in [0, 0.05) is 31.9 Å². The molecule has 7 nitrogen and oxygen atoms in total. The summed E-state index contributed by atoms with van der Waals surface area (Å²) in [5.74, 6) is 1.30. The summed E-state index contributed by atoms with van der Waals surface area (Å²) in [5.41, 5.74) is 0.957. The molecule has 1 N–H and O–H groups in total. The van der Waals surface area contributed by atoms with Crippen LogP contribution in [0.25, 0.3) is 0 Å². The maximum atomic E-state index is 12.6. The zero-order chi connectivity index (χ0) is 15.9. The Hall–Kier alpha value is -2.19. The van der Waals surface area contributed by atoms with Crippen molar-refractivity contribution in [1.82, 2.24) is 14.3 Å². The highest BCUT2D eigenvalue weighted by Crippen LogP contribution is 2.30. The maximum absolute atomic E-state index is 12.6. The third-order valence-corrected chi connectivity index (χ3v) is 5.87. The third-order valence-electron chi connectivity index (χ3n) is 4.05. The summed E-state index contributed by atoms with van der Waals surface area (Å²) in [7, 11) is -3.45. The predicted molar refractivity (Wildman–Crippen MR) is 83.8 cm³/mol. The fourth-order valence-electron chi connectivity index (χ4n) is 2.75. The molecular weight excluding hydrogens is 316 g/mol. The van der Waals surface area contributed by atoms with Gasteiger partial charge >= 0.3 is 0 Å². The first-order valence-electron chi connectivity index (χ1n) is 7.42. The molecule has 1 aromatic carbocycles. The first-order valence-corrected chi connectivity index (χ1v) is 8.86. The lowest BCUT2D eigenvalue weighted by Crippen LogP contribution is -2.56. The number of hydrogen-bond donors (Lipinski definition) is 1. The second-order valence-corrected chi connectivity index (χ2v) is 7.54. The van der Waals surface area contributed by atoms with Crippen molar-refractivity contribution in [3.05, 3.63) is 42.2 Å². The van der Waals surface area contributed by atoms with E-state index in [2.05, 4.69) is 15.3 Å². The largest absolute Gasteiger partial charge is 0.493 e. The van der Waals surface area contributed by atoms with Crippen LogP contribution in [0.2, 0.25) is 0 Å². The van der Waals surface area contributed by atoms with Crippen molar-refractivity contribution >= 4 is 16.0 Å². The Labute approximate surface area is 134 Å². The zero-order valence-corrected chi connectivity index (χ0v) is 13.2. The van der Waals surface area contributed by atoms with E-state index in [1.165, 1.54) is 4.31 Å². The first kappa shape index (κ1) is 14.4. The summed E-state index contributed by atoms with van der Waals surface area (Å²) in [5, 5.41) is 3.13. The van der Waals surface area contributed by atoms with E-state index < -0.39 is 10.0 Å². The van der Waals surface area contributed by atoms with Gasteiger partial charge in [0.2, 0.25) is 16.0 Å². The van der Waals surface area contributed by atoms with Crippen LogP contribution in [-0.2, 0) is 16.4 Å². The van der Waals surface area contributed by atoms with Crippen molar-refractivity contribution in [3.63, 3.8) is 0 Å². The Kier molecular flexibility index (Phi) is 3.42. The van der Waals surface area contributed by atoms with Gasteiger partial charge in [-0.15, -0.1) is 0 Å². The average molecular weight is 332 g/mol. The molecule has 2 aliphatic heterocycles. The van der Waals surface area contributed by atoms with E-state index in [1.807, 2.05) is 0 Å². The van der Waals surface area contributed by atoms with Gasteiger partial charge in [0.25, 0.3) is 0 Å². The molecule has 2 aromatic rings. The van der Waals surface area contributed by atoms with Crippen molar-refractivity contribution in [3.8, 4) is 5.75 Å². The molecule has 0 bridgehead atoms. The highest BCUT2D eigenvalue weighted by atomic mass is 32.2. The number of anilines is 1. The van der Waals surface area contributed by atoms with Crippen LogP contribution in [0.1, 0.15) is 5.56 Å². The number of sulfonamides is 1. The number of nitrogens with zero attached hydrogens (tertiary/aromatic N) is 3. The van der Waals surface area contributed by atoms with Crippen LogP contribution in [0, 0.1) is 0 Å². The van der Waals surface area contributed by atoms with Crippen LogP contribution in [0.3, 0.4) is 0 Å². The van der Waals surface area contributed by atoms with Crippen LogP contribution in [0.4, 0.5) is 5.95 Å². The minimum absolute atomic E-state index is 0.0323. The molecule has 0 radical (unpaired) electrons. The highest BCUT2D eigenvalue weighted by molar-refractivity contribution is 7.89. The smallest absolute Gasteiger partial charge is 0.243 e. The Bertz CT molecular complexity index is 820. The lowest BCUT2D eigenvalue weighted by Gasteiger charge is -2.38. The number of ether oxygens (including phenoxy) is 1. The van der Waals surface area contributed by atoms with Gasteiger partial charge in [-0.25, -0.2) is 18.4 Å². The van der Waals surface area contributed by atoms with Crippen LogP contribution in [-0.4, -0.2) is 48.4 Å². The van der Waals surface area contributed by atoms with Crippen LogP contribution >= 0.6 is 0 Å². The van der Waals surface area contributed by atoms with E-state index in [9.17, 15) is 8.42 Å². The Morgan fingerprint density at radius 2 is 2.00 bits per heavy atom. The molecule has 120 valence electrons. The zero-order valence-electron chi connectivity index (χ0n) is 12.3. The number of fused-ring (bicyclic) bond motifs is 1. The lowest BCUT2D eigenvalue weighted by molar-refractivity contribution is 0.280. The summed E-state index contributed by atoms with van der Waals surface area (Å²) in [6, 6.07) is 6.84. The van der Waals surface area contributed by atoms with Crippen LogP contribution in [0.5, 0.6) is 5.75 Å². The number of aromatic nitrogens is 2. The van der Waals surface area contributed by atoms with Crippen molar-refractivity contribution in [2.24, 2.45) is 0 Å². The molecule has 0 atom stereocenters. The third kappa shape index (κ3) is 2.64. The summed E-state index contributed by atoms with van der Waals surface area (Å²) < 4.78 is 32.2. The summed E-state index contributed by atoms with van der Waals surface area (Å²) in [4.78, 5) is 8.49. The fourth-order valence-corrected chi connectivity index (χ4v) is 4.34. The summed E-state index contributed by atoms with van der Waals surface area (Å²) >= 11 is 0. The fraction of sp³-hybridized carbons (Fsp3) is 0.333. The first-order chi connectivity index (χ1) is 11.1. The molecule has 1 fully saturated rings. The normalized spacial score (nSPS) is 18.1. The molecule has 0 unspecified atom stereocenters. The molecule has 0 spiro atoms. The number of hydrogen-bond acceptors (Lipinski definition) is 6. The van der Waals surface area contributed by atoms with Crippen molar-refractivity contribution in [2.45, 2.75) is 17.4 Å². The van der Waals surface area contributed by atoms with Crippen molar-refractivity contribution in [2.75, 3.05) is 25.0 Å². The van der Waals surface area contributed by atoms with Crippen molar-refractivity contribution in [1.29, 1.82) is 0 Å². The Balaban J connectivity index is 1.45. The molecule has 8 heteroatoms. The number of nitrogens with one attached hydrogen (secondary N) is 1. The lowest BCUT2D eigenvalue weighted by atomic mass is 10.2. The van der Waals surface area contributed by atoms with E-state index >= 15 is 0 Å². The number of benzene rings is 1. The average Bonchev–Trinajstić information content (AvgIpc) is 2.99. The molecule has 2 aliphatic rings. The minimum Gasteiger partial charge on any atom is -0.493 e. The van der Waals surface area contributed by atoms with Gasteiger partial charge in [-0.3, -0.25) is 0 Å². The molecule has 0 saturated carbocycles. The molecule has 0 amide bonds. The van der Waals surface area contributed by atoms with E-state index in [0.717, 1.165) is 17.7 Å². The highest BCUT2D eigenvalue weighted by Gasteiger charge is 2.37. The second-order valence-electron chi connectivity index (χ2n) is 5.60. The molecule has 3 heterocycles. The predicted octanol–water partition coefficient (Wildman–Crippen LogP) is 0.897. The maximum Gasteiger partial charge on any atom is 0.243 e. The minimum atomic E-state index is -3.45. The van der Waals surface area contributed by atoms with Gasteiger partial charge in [0.1, 0.15) is 5.75 Å². The van der Waals surface area contributed by atoms with E-state index in [1.54, 1.807) is 36.7 Å². The summed E-state index contributed by atoms with van der Waals surface area (Å²) in [6.45, 7) is 1.44. The molecular formula is C15H16N4O3S. The van der Waals surface area contributed by atoms with Gasteiger partial charge in [-0.2, -0.15) is 4.31 Å². The molecule has 4 rings (SSSR count). The SMILES string of the molecule is O=S(=O)(c1ccc2c(c1)CCO2)N1CC(Nc2ncccn2)C1.